The summed E-state index contributed by atoms with van der Waals surface area (Å²) in [5.41, 5.74) is 4.63. The molecular formula is C28H29NO5. The minimum Gasteiger partial charge on any atom is -0.493 e. The Balaban J connectivity index is 1.35. The molecule has 0 atom stereocenters. The van der Waals surface area contributed by atoms with E-state index in [1.807, 2.05) is 66.7 Å². The number of hydrogen-bond donors (Lipinski definition) is 0. The predicted octanol–water partition coefficient (Wildman–Crippen LogP) is 6.01. The molecule has 176 valence electrons. The van der Waals surface area contributed by atoms with Gasteiger partial charge in [-0.3, -0.25) is 4.79 Å². The van der Waals surface area contributed by atoms with Gasteiger partial charge in [0, 0.05) is 17.5 Å². The summed E-state index contributed by atoms with van der Waals surface area (Å²) in [7, 11) is 1.39. The summed E-state index contributed by atoms with van der Waals surface area (Å²) in [5, 5.41) is 5.34. The molecular weight excluding hydrogens is 430 g/mol. The largest absolute Gasteiger partial charge is 0.493 e. The van der Waals surface area contributed by atoms with Gasteiger partial charge in [-0.05, 0) is 36.2 Å². The third-order valence-electron chi connectivity index (χ3n) is 5.56. The van der Waals surface area contributed by atoms with E-state index in [1.54, 1.807) is 0 Å². The van der Waals surface area contributed by atoms with E-state index in [-0.39, 0.29) is 12.4 Å². The molecule has 3 aromatic carbocycles. The van der Waals surface area contributed by atoms with Crippen molar-refractivity contribution >= 4 is 16.9 Å². The van der Waals surface area contributed by atoms with Gasteiger partial charge in [0.1, 0.15) is 17.2 Å². The maximum Gasteiger partial charge on any atom is 0.309 e. The Bertz CT molecular complexity index is 1220. The number of aromatic nitrogens is 1. The summed E-state index contributed by atoms with van der Waals surface area (Å²) in [4.78, 5) is 11.4. The summed E-state index contributed by atoms with van der Waals surface area (Å²) < 4.78 is 22.4. The van der Waals surface area contributed by atoms with Crippen molar-refractivity contribution in [3.8, 4) is 22.8 Å². The number of carbonyl (C=O) groups is 1. The molecule has 0 saturated heterocycles. The molecule has 0 bridgehead atoms. The van der Waals surface area contributed by atoms with Crippen LogP contribution in [0.1, 0.15) is 30.9 Å². The SMILES string of the molecule is CCCc1c(OCCCOc2ccc(CC(=O)OC)cc2)ccc2c(-c3ccccc3)noc12. The molecule has 34 heavy (non-hydrogen) atoms. The number of ether oxygens (including phenoxy) is 3. The topological polar surface area (TPSA) is 70.8 Å². The number of esters is 1. The summed E-state index contributed by atoms with van der Waals surface area (Å²) >= 11 is 0. The summed E-state index contributed by atoms with van der Waals surface area (Å²) in [6.45, 7) is 3.20. The molecule has 0 N–H and O–H groups in total. The highest BCUT2D eigenvalue weighted by Crippen LogP contribution is 2.35. The number of methoxy groups -OCH3 is 1. The van der Waals surface area contributed by atoms with Crippen LogP contribution < -0.4 is 9.47 Å². The van der Waals surface area contributed by atoms with Crippen molar-refractivity contribution in [2.24, 2.45) is 0 Å². The van der Waals surface area contributed by atoms with Crippen LogP contribution in [0.15, 0.2) is 71.3 Å². The van der Waals surface area contributed by atoms with Gasteiger partial charge in [0.05, 0.1) is 32.1 Å². The molecule has 1 heterocycles. The second-order valence-electron chi connectivity index (χ2n) is 8.01. The summed E-state index contributed by atoms with van der Waals surface area (Å²) in [5.74, 6) is 1.34. The van der Waals surface area contributed by atoms with Crippen LogP contribution in [0.3, 0.4) is 0 Å². The molecule has 0 aliphatic rings. The Morgan fingerprint density at radius 2 is 1.71 bits per heavy atom. The van der Waals surface area contributed by atoms with Crippen molar-refractivity contribution in [2.45, 2.75) is 32.6 Å². The van der Waals surface area contributed by atoms with E-state index >= 15 is 0 Å². The lowest BCUT2D eigenvalue weighted by Crippen LogP contribution is -2.07. The normalized spacial score (nSPS) is 10.9. The number of benzene rings is 3. The Labute approximate surface area is 199 Å². The average Bonchev–Trinajstić information content (AvgIpc) is 3.31. The zero-order valence-electron chi connectivity index (χ0n) is 19.6. The van der Waals surface area contributed by atoms with Gasteiger partial charge in [-0.15, -0.1) is 0 Å². The highest BCUT2D eigenvalue weighted by molar-refractivity contribution is 5.94. The molecule has 4 aromatic rings. The van der Waals surface area contributed by atoms with Crippen molar-refractivity contribution < 1.29 is 23.5 Å². The van der Waals surface area contributed by atoms with Crippen LogP contribution in [0, 0.1) is 0 Å². The molecule has 0 radical (unpaired) electrons. The van der Waals surface area contributed by atoms with Gasteiger partial charge in [0.2, 0.25) is 0 Å². The van der Waals surface area contributed by atoms with E-state index in [9.17, 15) is 4.79 Å². The number of rotatable bonds is 11. The lowest BCUT2D eigenvalue weighted by molar-refractivity contribution is -0.139. The first-order valence-electron chi connectivity index (χ1n) is 11.6. The van der Waals surface area contributed by atoms with Gasteiger partial charge < -0.3 is 18.7 Å². The molecule has 0 unspecified atom stereocenters. The predicted molar refractivity (Wildman–Crippen MR) is 131 cm³/mol. The van der Waals surface area contributed by atoms with Crippen LogP contribution in [0.5, 0.6) is 11.5 Å². The molecule has 0 amide bonds. The maximum absolute atomic E-state index is 11.4. The van der Waals surface area contributed by atoms with E-state index in [0.717, 1.165) is 64.1 Å². The molecule has 6 nitrogen and oxygen atoms in total. The zero-order chi connectivity index (χ0) is 23.8. The molecule has 1 aromatic heterocycles. The summed E-state index contributed by atoms with van der Waals surface area (Å²) in [6, 6.07) is 21.6. The third kappa shape index (κ3) is 5.57. The van der Waals surface area contributed by atoms with E-state index in [1.165, 1.54) is 7.11 Å². The van der Waals surface area contributed by atoms with Crippen molar-refractivity contribution in [2.75, 3.05) is 20.3 Å². The van der Waals surface area contributed by atoms with Crippen LogP contribution >= 0.6 is 0 Å². The Hall–Kier alpha value is -3.80. The van der Waals surface area contributed by atoms with Gasteiger partial charge in [-0.25, -0.2) is 0 Å². The zero-order valence-corrected chi connectivity index (χ0v) is 19.6. The van der Waals surface area contributed by atoms with Gasteiger partial charge in [-0.2, -0.15) is 0 Å². The van der Waals surface area contributed by atoms with E-state index < -0.39 is 0 Å². The van der Waals surface area contributed by atoms with Gasteiger partial charge in [0.25, 0.3) is 0 Å². The molecule has 0 spiro atoms. The minimum absolute atomic E-state index is 0.256. The lowest BCUT2D eigenvalue weighted by Gasteiger charge is -2.12. The van der Waals surface area contributed by atoms with Gasteiger partial charge in [-0.1, -0.05) is 61.0 Å². The molecule has 0 aliphatic carbocycles. The van der Waals surface area contributed by atoms with Crippen molar-refractivity contribution in [3.63, 3.8) is 0 Å². The maximum atomic E-state index is 11.4. The highest BCUT2D eigenvalue weighted by atomic mass is 16.5. The van der Waals surface area contributed by atoms with Crippen LogP contribution in [0.25, 0.3) is 22.2 Å². The number of hydrogen-bond acceptors (Lipinski definition) is 6. The second kappa shape index (κ2) is 11.4. The van der Waals surface area contributed by atoms with E-state index in [4.69, 9.17) is 14.0 Å². The molecule has 0 saturated carbocycles. The molecule has 6 heteroatoms. The van der Waals surface area contributed by atoms with E-state index in [2.05, 4.69) is 16.8 Å². The average molecular weight is 460 g/mol. The van der Waals surface area contributed by atoms with Crippen LogP contribution in [0.2, 0.25) is 0 Å². The molecule has 0 aliphatic heterocycles. The first kappa shape index (κ1) is 23.4. The van der Waals surface area contributed by atoms with Crippen molar-refractivity contribution in [3.05, 3.63) is 77.9 Å². The second-order valence-corrected chi connectivity index (χ2v) is 8.01. The van der Waals surface area contributed by atoms with Crippen LogP contribution in [-0.2, 0) is 22.4 Å². The van der Waals surface area contributed by atoms with Gasteiger partial charge >= 0.3 is 5.97 Å². The Kier molecular flexibility index (Phi) is 7.81. The summed E-state index contributed by atoms with van der Waals surface area (Å²) in [6.07, 6.45) is 2.82. The first-order valence-corrected chi connectivity index (χ1v) is 11.6. The molecule has 0 fully saturated rings. The van der Waals surface area contributed by atoms with E-state index in [0.29, 0.717) is 13.2 Å². The van der Waals surface area contributed by atoms with Crippen LogP contribution in [0.4, 0.5) is 0 Å². The Morgan fingerprint density at radius 1 is 0.941 bits per heavy atom. The quantitative estimate of drug-likeness (QED) is 0.202. The first-order chi connectivity index (χ1) is 16.7. The standard InChI is InChI=1S/C28H29NO5/c1-3-8-23-25(16-15-24-27(29-34-28(23)24)21-9-5-4-6-10-21)33-18-7-17-32-22-13-11-20(12-14-22)19-26(30)31-2/h4-6,9-16H,3,7-8,17-19H2,1-2H3. The third-order valence-corrected chi connectivity index (χ3v) is 5.56. The van der Waals surface area contributed by atoms with Crippen LogP contribution in [-0.4, -0.2) is 31.4 Å². The Morgan fingerprint density at radius 3 is 2.44 bits per heavy atom. The van der Waals surface area contributed by atoms with Crippen molar-refractivity contribution in [1.82, 2.24) is 5.16 Å². The fraction of sp³-hybridized carbons (Fsp3) is 0.286. The molecule has 4 rings (SSSR count). The van der Waals surface area contributed by atoms with Gasteiger partial charge in [0.15, 0.2) is 5.58 Å². The lowest BCUT2D eigenvalue weighted by atomic mass is 10.0. The van der Waals surface area contributed by atoms with Crippen molar-refractivity contribution in [1.29, 1.82) is 0 Å². The fourth-order valence-electron chi connectivity index (χ4n) is 3.84. The number of fused-ring (bicyclic) bond motifs is 1. The fourth-order valence-corrected chi connectivity index (χ4v) is 3.84. The highest BCUT2D eigenvalue weighted by Gasteiger charge is 2.17. The smallest absolute Gasteiger partial charge is 0.309 e. The number of nitrogens with zero attached hydrogens (tertiary/aromatic N) is 1. The number of carbonyl (C=O) groups excluding carboxylic acids is 1. The monoisotopic (exact) mass is 459 g/mol. The minimum atomic E-state index is -0.256. The number of aryl methyl sites for hydroxylation is 1.